The van der Waals surface area contributed by atoms with Crippen molar-refractivity contribution < 1.29 is 19.1 Å². The molecule has 3 aromatic rings. The van der Waals surface area contributed by atoms with E-state index in [0.29, 0.717) is 23.7 Å². The van der Waals surface area contributed by atoms with Crippen LogP contribution in [0.1, 0.15) is 36.7 Å². The van der Waals surface area contributed by atoms with Gasteiger partial charge in [-0.05, 0) is 56.7 Å². The summed E-state index contributed by atoms with van der Waals surface area (Å²) in [6, 6.07) is 8.94. The Bertz CT molecular complexity index is 1110. The Morgan fingerprint density at radius 2 is 2.00 bits per heavy atom. The molecule has 2 aromatic carbocycles. The summed E-state index contributed by atoms with van der Waals surface area (Å²) in [7, 11) is 1.54. The molecule has 7 heteroatoms. The molecular formula is C21H21N3O4. The van der Waals surface area contributed by atoms with Crippen LogP contribution in [0, 0.1) is 0 Å². The lowest BCUT2D eigenvalue weighted by atomic mass is 9.86. The average molecular weight is 379 g/mol. The fourth-order valence-corrected chi connectivity index (χ4v) is 3.43. The van der Waals surface area contributed by atoms with Crippen LogP contribution in [0.2, 0.25) is 0 Å². The normalized spacial score (nSPS) is 14.6. The van der Waals surface area contributed by atoms with E-state index in [0.717, 1.165) is 27.8 Å². The van der Waals surface area contributed by atoms with Crippen molar-refractivity contribution in [2.75, 3.05) is 19.0 Å². The van der Waals surface area contributed by atoms with Crippen molar-refractivity contribution in [3.8, 4) is 17.1 Å². The van der Waals surface area contributed by atoms with E-state index in [9.17, 15) is 9.59 Å². The highest BCUT2D eigenvalue weighted by atomic mass is 16.5. The van der Waals surface area contributed by atoms with Gasteiger partial charge in [-0.25, -0.2) is 9.78 Å². The quantitative estimate of drug-likeness (QED) is 0.675. The first-order valence-corrected chi connectivity index (χ1v) is 9.06. The third-order valence-electron chi connectivity index (χ3n) is 5.08. The molecule has 0 radical (unpaired) electrons. The predicted molar refractivity (Wildman–Crippen MR) is 106 cm³/mol. The van der Waals surface area contributed by atoms with Crippen molar-refractivity contribution in [1.29, 1.82) is 0 Å². The number of rotatable bonds is 4. The van der Waals surface area contributed by atoms with Gasteiger partial charge in [0.1, 0.15) is 11.6 Å². The molecule has 7 nitrogen and oxygen atoms in total. The van der Waals surface area contributed by atoms with E-state index < -0.39 is 11.4 Å². The number of nitrogens with zero attached hydrogens (tertiary/aromatic N) is 1. The summed E-state index contributed by atoms with van der Waals surface area (Å²) in [5.74, 6) is 0.721. The largest absolute Gasteiger partial charge is 0.496 e. The molecule has 0 spiro atoms. The number of aromatic amines is 1. The smallest absolute Gasteiger partial charge is 0.338 e. The van der Waals surface area contributed by atoms with E-state index in [1.807, 2.05) is 26.0 Å². The van der Waals surface area contributed by atoms with Gasteiger partial charge in [0.25, 0.3) is 0 Å². The summed E-state index contributed by atoms with van der Waals surface area (Å²) >= 11 is 0. The van der Waals surface area contributed by atoms with E-state index >= 15 is 0 Å². The van der Waals surface area contributed by atoms with Gasteiger partial charge in [-0.1, -0.05) is 0 Å². The van der Waals surface area contributed by atoms with Gasteiger partial charge in [-0.15, -0.1) is 0 Å². The second-order valence-electron chi connectivity index (χ2n) is 7.22. The minimum atomic E-state index is -0.590. The minimum Gasteiger partial charge on any atom is -0.496 e. The Labute approximate surface area is 162 Å². The number of benzene rings is 2. The maximum absolute atomic E-state index is 12.2. The van der Waals surface area contributed by atoms with Crippen molar-refractivity contribution in [2.24, 2.45) is 0 Å². The lowest BCUT2D eigenvalue weighted by molar-refractivity contribution is -0.119. The summed E-state index contributed by atoms with van der Waals surface area (Å²) in [6.45, 7) is 5.87. The maximum atomic E-state index is 12.2. The van der Waals surface area contributed by atoms with Crippen LogP contribution in [0.5, 0.6) is 5.75 Å². The molecule has 0 saturated heterocycles. The highest BCUT2D eigenvalue weighted by Gasteiger charge is 2.38. The number of amides is 1. The van der Waals surface area contributed by atoms with Gasteiger partial charge in [0.15, 0.2) is 0 Å². The van der Waals surface area contributed by atoms with Gasteiger partial charge >= 0.3 is 5.97 Å². The summed E-state index contributed by atoms with van der Waals surface area (Å²) in [5.41, 5.74) is 3.85. The Balaban J connectivity index is 1.78. The van der Waals surface area contributed by atoms with Crippen LogP contribution >= 0.6 is 0 Å². The zero-order valence-corrected chi connectivity index (χ0v) is 16.2. The molecule has 1 aliphatic heterocycles. The minimum absolute atomic E-state index is 0.0217. The van der Waals surface area contributed by atoms with Crippen molar-refractivity contribution in [3.63, 3.8) is 0 Å². The number of ether oxygens (including phenoxy) is 2. The first-order chi connectivity index (χ1) is 13.3. The molecule has 1 amide bonds. The Hall–Kier alpha value is -3.35. The Morgan fingerprint density at radius 3 is 2.71 bits per heavy atom. The first-order valence-electron chi connectivity index (χ1n) is 9.06. The van der Waals surface area contributed by atoms with Gasteiger partial charge < -0.3 is 19.8 Å². The number of imidazole rings is 1. The Kier molecular flexibility index (Phi) is 4.10. The molecule has 1 aliphatic rings. The maximum Gasteiger partial charge on any atom is 0.338 e. The number of carbonyl (C=O) groups is 2. The fourth-order valence-electron chi connectivity index (χ4n) is 3.43. The number of esters is 1. The summed E-state index contributed by atoms with van der Waals surface area (Å²) in [5, 5.41) is 2.91. The van der Waals surface area contributed by atoms with Crippen LogP contribution in [0.25, 0.3) is 22.4 Å². The zero-order valence-electron chi connectivity index (χ0n) is 16.2. The number of anilines is 1. The highest BCUT2D eigenvalue weighted by molar-refractivity contribution is 6.07. The van der Waals surface area contributed by atoms with Gasteiger partial charge in [-0.3, -0.25) is 4.79 Å². The number of methoxy groups -OCH3 is 1. The van der Waals surface area contributed by atoms with Crippen LogP contribution < -0.4 is 10.1 Å². The number of hydrogen-bond donors (Lipinski definition) is 2. The number of nitrogens with one attached hydrogen (secondary N) is 2. The van der Waals surface area contributed by atoms with Gasteiger partial charge in [0, 0.05) is 5.69 Å². The van der Waals surface area contributed by atoms with Crippen molar-refractivity contribution >= 4 is 28.6 Å². The van der Waals surface area contributed by atoms with Crippen molar-refractivity contribution in [2.45, 2.75) is 26.2 Å². The average Bonchev–Trinajstić information content (AvgIpc) is 3.18. The summed E-state index contributed by atoms with van der Waals surface area (Å²) in [4.78, 5) is 32.1. The lowest BCUT2D eigenvalue weighted by Crippen LogP contribution is -2.26. The SMILES string of the molecule is CCOC(=O)c1ccc(-c2nc3cc4c(cc3[nH]2)C(C)(C)C(=O)N4)c(OC)c1. The molecule has 0 saturated carbocycles. The van der Waals surface area contributed by atoms with Crippen LogP contribution in [0.4, 0.5) is 5.69 Å². The molecule has 0 aliphatic carbocycles. The molecule has 2 heterocycles. The zero-order chi connectivity index (χ0) is 20.1. The van der Waals surface area contributed by atoms with Gasteiger partial charge in [0.05, 0.1) is 41.3 Å². The molecule has 1 aromatic heterocycles. The molecule has 0 unspecified atom stereocenters. The third kappa shape index (κ3) is 2.70. The highest BCUT2D eigenvalue weighted by Crippen LogP contribution is 2.40. The van der Waals surface area contributed by atoms with E-state index in [-0.39, 0.29) is 5.91 Å². The van der Waals surface area contributed by atoms with Crippen LogP contribution in [-0.2, 0) is 14.9 Å². The van der Waals surface area contributed by atoms with Crippen molar-refractivity contribution in [1.82, 2.24) is 9.97 Å². The van der Waals surface area contributed by atoms with E-state index in [1.165, 1.54) is 0 Å². The molecule has 144 valence electrons. The summed E-state index contributed by atoms with van der Waals surface area (Å²) in [6.07, 6.45) is 0. The molecule has 0 fully saturated rings. The molecular weight excluding hydrogens is 358 g/mol. The lowest BCUT2D eigenvalue weighted by Gasteiger charge is -2.14. The monoisotopic (exact) mass is 379 g/mol. The topological polar surface area (TPSA) is 93.3 Å². The molecule has 4 rings (SSSR count). The van der Waals surface area contributed by atoms with Gasteiger partial charge in [0.2, 0.25) is 5.91 Å². The third-order valence-corrected chi connectivity index (χ3v) is 5.08. The van der Waals surface area contributed by atoms with Crippen LogP contribution in [-0.4, -0.2) is 35.6 Å². The number of aromatic nitrogens is 2. The predicted octanol–water partition coefficient (Wildman–Crippen LogP) is 3.64. The number of hydrogen-bond acceptors (Lipinski definition) is 5. The van der Waals surface area contributed by atoms with E-state index in [4.69, 9.17) is 9.47 Å². The second kappa shape index (κ2) is 6.37. The Morgan fingerprint density at radius 1 is 1.21 bits per heavy atom. The van der Waals surface area contributed by atoms with Crippen molar-refractivity contribution in [3.05, 3.63) is 41.5 Å². The first kappa shape index (κ1) is 18.0. The van der Waals surface area contributed by atoms with Crippen LogP contribution in [0.3, 0.4) is 0 Å². The number of H-pyrrole nitrogens is 1. The number of fused-ring (bicyclic) bond motifs is 2. The number of carbonyl (C=O) groups excluding carboxylic acids is 2. The second-order valence-corrected chi connectivity index (χ2v) is 7.22. The standard InChI is InChI=1S/C21H21N3O4/c1-5-28-19(25)11-6-7-12(17(8-11)27-4)18-22-15-9-13-14(10-16(15)23-18)24-20(26)21(13,2)3/h6-10H,5H2,1-4H3,(H,22,23)(H,24,26). The summed E-state index contributed by atoms with van der Waals surface area (Å²) < 4.78 is 10.5. The molecule has 2 N–H and O–H groups in total. The van der Waals surface area contributed by atoms with Gasteiger partial charge in [-0.2, -0.15) is 0 Å². The van der Waals surface area contributed by atoms with E-state index in [2.05, 4.69) is 15.3 Å². The molecule has 0 bridgehead atoms. The molecule has 28 heavy (non-hydrogen) atoms. The van der Waals surface area contributed by atoms with E-state index in [1.54, 1.807) is 32.2 Å². The molecule has 0 atom stereocenters. The van der Waals surface area contributed by atoms with Crippen LogP contribution in [0.15, 0.2) is 30.3 Å². The fraction of sp³-hybridized carbons (Fsp3) is 0.286.